The Morgan fingerprint density at radius 3 is 2.67 bits per heavy atom. The third kappa shape index (κ3) is 5.11. The Morgan fingerprint density at radius 1 is 1.33 bits per heavy atom. The molecule has 0 fully saturated rings. The standard InChI is InChI=1S/C16H21NO4/c1-3-7-15(19)13(16(20)21-4-2)10-17-14-9-6-5-8-12(14)11-18/h5-6,8-10,13,18H,3-4,7,11H2,1-2H3. The van der Waals surface area contributed by atoms with E-state index in [0.717, 1.165) is 0 Å². The molecule has 0 aliphatic rings. The van der Waals surface area contributed by atoms with E-state index in [0.29, 0.717) is 24.1 Å². The topological polar surface area (TPSA) is 76.0 Å². The van der Waals surface area contributed by atoms with Gasteiger partial charge in [-0.1, -0.05) is 25.1 Å². The summed E-state index contributed by atoms with van der Waals surface area (Å²) in [6, 6.07) is 7.02. The molecule has 5 nitrogen and oxygen atoms in total. The molecule has 0 aliphatic carbocycles. The summed E-state index contributed by atoms with van der Waals surface area (Å²) in [6.07, 6.45) is 2.28. The lowest BCUT2D eigenvalue weighted by atomic mass is 10.0. The van der Waals surface area contributed by atoms with Crippen LogP contribution in [0, 0.1) is 5.92 Å². The molecule has 1 aromatic rings. The average molecular weight is 291 g/mol. The minimum absolute atomic E-state index is 0.152. The highest BCUT2D eigenvalue weighted by Gasteiger charge is 2.25. The van der Waals surface area contributed by atoms with Gasteiger partial charge in [0.2, 0.25) is 0 Å². The second-order valence-corrected chi connectivity index (χ2v) is 4.51. The summed E-state index contributed by atoms with van der Waals surface area (Å²) >= 11 is 0. The van der Waals surface area contributed by atoms with E-state index in [1.165, 1.54) is 6.21 Å². The fourth-order valence-corrected chi connectivity index (χ4v) is 1.83. The van der Waals surface area contributed by atoms with Gasteiger partial charge in [-0.3, -0.25) is 14.6 Å². The minimum Gasteiger partial charge on any atom is -0.465 e. The molecule has 21 heavy (non-hydrogen) atoms. The quantitative estimate of drug-likeness (QED) is 0.453. The molecule has 114 valence electrons. The minimum atomic E-state index is -0.989. The molecule has 1 aromatic carbocycles. The predicted octanol–water partition coefficient (Wildman–Crippen LogP) is 2.43. The van der Waals surface area contributed by atoms with Crippen molar-refractivity contribution in [1.29, 1.82) is 0 Å². The van der Waals surface area contributed by atoms with E-state index in [9.17, 15) is 14.7 Å². The van der Waals surface area contributed by atoms with Crippen LogP contribution in [0.25, 0.3) is 0 Å². The highest BCUT2D eigenvalue weighted by Crippen LogP contribution is 2.19. The van der Waals surface area contributed by atoms with Crippen LogP contribution in [0.2, 0.25) is 0 Å². The molecular formula is C16H21NO4. The van der Waals surface area contributed by atoms with Crippen molar-refractivity contribution >= 4 is 23.7 Å². The highest BCUT2D eigenvalue weighted by atomic mass is 16.5. The molecule has 5 heteroatoms. The zero-order chi connectivity index (χ0) is 15.7. The Labute approximate surface area is 124 Å². The number of aliphatic hydroxyl groups excluding tert-OH is 1. The van der Waals surface area contributed by atoms with Crippen LogP contribution in [0.1, 0.15) is 32.3 Å². The fourth-order valence-electron chi connectivity index (χ4n) is 1.83. The lowest BCUT2D eigenvalue weighted by Gasteiger charge is -2.10. The summed E-state index contributed by atoms with van der Waals surface area (Å²) < 4.78 is 4.92. The third-order valence-corrected chi connectivity index (χ3v) is 2.91. The Balaban J connectivity index is 2.96. The van der Waals surface area contributed by atoms with Crippen molar-refractivity contribution in [3.8, 4) is 0 Å². The van der Waals surface area contributed by atoms with E-state index in [1.807, 2.05) is 6.92 Å². The van der Waals surface area contributed by atoms with Crippen LogP contribution in [0.3, 0.4) is 0 Å². The zero-order valence-electron chi connectivity index (χ0n) is 12.4. The molecule has 0 saturated carbocycles. The lowest BCUT2D eigenvalue weighted by molar-refractivity contribution is -0.148. The number of carbonyl (C=O) groups excluding carboxylic acids is 2. The molecule has 0 aliphatic heterocycles. The number of hydrogen-bond donors (Lipinski definition) is 1. The number of carbonyl (C=O) groups is 2. The molecule has 1 unspecified atom stereocenters. The van der Waals surface area contributed by atoms with Gasteiger partial charge < -0.3 is 9.84 Å². The van der Waals surface area contributed by atoms with Gasteiger partial charge in [0, 0.05) is 18.2 Å². The van der Waals surface area contributed by atoms with Crippen LogP contribution in [0.5, 0.6) is 0 Å². The number of para-hydroxylation sites is 1. The van der Waals surface area contributed by atoms with Crippen LogP contribution >= 0.6 is 0 Å². The number of aliphatic imine (C=N–C) groups is 1. The Hall–Kier alpha value is -2.01. The van der Waals surface area contributed by atoms with E-state index in [1.54, 1.807) is 31.2 Å². The van der Waals surface area contributed by atoms with Gasteiger partial charge in [-0.2, -0.15) is 0 Å². The van der Waals surface area contributed by atoms with Gasteiger partial charge in [0.25, 0.3) is 0 Å². The number of rotatable bonds is 8. The largest absolute Gasteiger partial charge is 0.465 e. The number of aliphatic hydroxyl groups is 1. The van der Waals surface area contributed by atoms with Crippen LogP contribution in [-0.2, 0) is 20.9 Å². The van der Waals surface area contributed by atoms with Gasteiger partial charge in [-0.05, 0) is 19.4 Å². The number of nitrogens with zero attached hydrogens (tertiary/aromatic N) is 1. The number of benzene rings is 1. The first-order chi connectivity index (χ1) is 10.1. The first kappa shape index (κ1) is 17.0. The summed E-state index contributed by atoms with van der Waals surface area (Å²) in [7, 11) is 0. The predicted molar refractivity (Wildman–Crippen MR) is 80.6 cm³/mol. The SMILES string of the molecule is CCCC(=O)C(C=Nc1ccccc1CO)C(=O)OCC. The molecule has 1 rings (SSSR count). The van der Waals surface area contributed by atoms with Gasteiger partial charge in [-0.15, -0.1) is 0 Å². The summed E-state index contributed by atoms with van der Waals surface area (Å²) in [5.74, 6) is -1.78. The second-order valence-electron chi connectivity index (χ2n) is 4.51. The average Bonchev–Trinajstić information content (AvgIpc) is 2.48. The molecule has 0 spiro atoms. The molecule has 0 radical (unpaired) electrons. The maximum atomic E-state index is 12.0. The summed E-state index contributed by atoms with van der Waals surface area (Å²) in [5, 5.41) is 9.24. The monoisotopic (exact) mass is 291 g/mol. The van der Waals surface area contributed by atoms with Crippen LogP contribution < -0.4 is 0 Å². The molecular weight excluding hydrogens is 270 g/mol. The van der Waals surface area contributed by atoms with Crippen LogP contribution in [-0.4, -0.2) is 29.7 Å². The van der Waals surface area contributed by atoms with Crippen molar-refractivity contribution in [2.24, 2.45) is 10.9 Å². The lowest BCUT2D eigenvalue weighted by Crippen LogP contribution is -2.27. The molecule has 1 N–H and O–H groups in total. The number of Topliss-reactive ketones (excluding diaryl/α,β-unsaturated/α-hetero) is 1. The van der Waals surface area contributed by atoms with Gasteiger partial charge in [0.05, 0.1) is 18.9 Å². The molecule has 0 aromatic heterocycles. The Bertz CT molecular complexity index is 493. The summed E-state index contributed by atoms with van der Waals surface area (Å²) in [6.45, 7) is 3.63. The normalized spacial score (nSPS) is 12.3. The van der Waals surface area contributed by atoms with Crippen molar-refractivity contribution < 1.29 is 19.4 Å². The number of ketones is 1. The summed E-state index contributed by atoms with van der Waals surface area (Å²) in [4.78, 5) is 28.0. The maximum Gasteiger partial charge on any atom is 0.321 e. The van der Waals surface area contributed by atoms with E-state index < -0.39 is 11.9 Å². The molecule has 0 bridgehead atoms. The van der Waals surface area contributed by atoms with E-state index >= 15 is 0 Å². The molecule has 0 saturated heterocycles. The maximum absolute atomic E-state index is 12.0. The fraction of sp³-hybridized carbons (Fsp3) is 0.438. The van der Waals surface area contributed by atoms with Gasteiger partial charge >= 0.3 is 5.97 Å². The van der Waals surface area contributed by atoms with E-state index in [-0.39, 0.29) is 19.0 Å². The zero-order valence-corrected chi connectivity index (χ0v) is 12.4. The Kier molecular flexibility index (Phi) is 7.32. The Morgan fingerprint density at radius 2 is 2.05 bits per heavy atom. The molecule has 0 amide bonds. The second kappa shape index (κ2) is 9.02. The van der Waals surface area contributed by atoms with E-state index in [2.05, 4.69) is 4.99 Å². The first-order valence-electron chi connectivity index (χ1n) is 7.06. The number of ether oxygens (including phenoxy) is 1. The first-order valence-corrected chi connectivity index (χ1v) is 7.06. The van der Waals surface area contributed by atoms with Crippen LogP contribution in [0.15, 0.2) is 29.3 Å². The number of esters is 1. The van der Waals surface area contributed by atoms with Gasteiger partial charge in [-0.25, -0.2) is 0 Å². The van der Waals surface area contributed by atoms with E-state index in [4.69, 9.17) is 4.74 Å². The van der Waals surface area contributed by atoms with Crippen molar-refractivity contribution in [2.45, 2.75) is 33.3 Å². The van der Waals surface area contributed by atoms with Crippen LogP contribution in [0.4, 0.5) is 5.69 Å². The molecule has 0 heterocycles. The summed E-state index contributed by atoms with van der Waals surface area (Å²) in [5.41, 5.74) is 1.18. The highest BCUT2D eigenvalue weighted by molar-refractivity contribution is 6.12. The van der Waals surface area contributed by atoms with Crippen molar-refractivity contribution in [3.63, 3.8) is 0 Å². The third-order valence-electron chi connectivity index (χ3n) is 2.91. The van der Waals surface area contributed by atoms with Crippen molar-refractivity contribution in [3.05, 3.63) is 29.8 Å². The van der Waals surface area contributed by atoms with Gasteiger partial charge in [0.1, 0.15) is 0 Å². The van der Waals surface area contributed by atoms with Gasteiger partial charge in [0.15, 0.2) is 11.7 Å². The van der Waals surface area contributed by atoms with Crippen molar-refractivity contribution in [2.75, 3.05) is 6.61 Å². The van der Waals surface area contributed by atoms with Crippen molar-refractivity contribution in [1.82, 2.24) is 0 Å². The molecule has 1 atom stereocenters. The smallest absolute Gasteiger partial charge is 0.321 e. The number of hydrogen-bond acceptors (Lipinski definition) is 5.